The molecule has 0 saturated carbocycles. The molecule has 4 N–H and O–H groups in total. The Bertz CT molecular complexity index is 1200. The average Bonchev–Trinajstić information content (AvgIpc) is 3.02. The maximum atomic E-state index is 12.7. The van der Waals surface area contributed by atoms with Gasteiger partial charge in [0.05, 0.1) is 0 Å². The fourth-order valence-electron chi connectivity index (χ4n) is 2.56. The van der Waals surface area contributed by atoms with Crippen molar-refractivity contribution in [3.05, 3.63) is 43.8 Å². The molecule has 164 valence electrons. The van der Waals surface area contributed by atoms with Gasteiger partial charge in [0.15, 0.2) is 5.57 Å². The lowest BCUT2D eigenvalue weighted by Gasteiger charge is -2.16. The van der Waals surface area contributed by atoms with Gasteiger partial charge < -0.3 is 21.1 Å². The number of rotatable bonds is 7. The second-order valence-electron chi connectivity index (χ2n) is 7.05. The Balaban J connectivity index is 2.43. The summed E-state index contributed by atoms with van der Waals surface area (Å²) in [5.41, 5.74) is -0.883. The quantitative estimate of drug-likeness (QED) is 0.486. The van der Waals surface area contributed by atoms with Crippen LogP contribution >= 0.6 is 11.3 Å². The van der Waals surface area contributed by atoms with Gasteiger partial charge in [0.25, 0.3) is 17.4 Å². The number of benzene rings is 1. The van der Waals surface area contributed by atoms with Crippen LogP contribution in [0.1, 0.15) is 27.7 Å². The highest BCUT2D eigenvalue weighted by Crippen LogP contribution is 2.16. The Morgan fingerprint density at radius 3 is 2.55 bits per heavy atom. The first kappa shape index (κ1) is 23.9. The molecule has 2 rings (SSSR count). The molecule has 10 heteroatoms. The number of carbonyl (C=O) groups excluding carboxylic acids is 2. The standard InChI is InChI=1S/C21H25N5O4S/c1-5-23-17(27)15(11-22)19-26(6-2)18(28)16(31-19)12-24-13-8-7-9-14(10-13)25-20(29)21(3,4)30/h7-10,12,24,30H,5-6H2,1-4H3,(H,23,27)(H,25,29)/b16-12+,19-15-. The number of anilines is 2. The van der Waals surface area contributed by atoms with Crippen LogP contribution in [0.2, 0.25) is 0 Å². The molecule has 0 atom stereocenters. The van der Waals surface area contributed by atoms with Crippen molar-refractivity contribution in [1.82, 2.24) is 9.88 Å². The molecular weight excluding hydrogens is 418 g/mol. The lowest BCUT2D eigenvalue weighted by molar-refractivity contribution is -0.130. The van der Waals surface area contributed by atoms with Gasteiger partial charge in [-0.15, -0.1) is 11.3 Å². The van der Waals surface area contributed by atoms with Gasteiger partial charge in [-0.05, 0) is 45.9 Å². The highest BCUT2D eigenvalue weighted by molar-refractivity contribution is 7.07. The van der Waals surface area contributed by atoms with Crippen molar-refractivity contribution in [3.8, 4) is 6.07 Å². The van der Waals surface area contributed by atoms with Gasteiger partial charge in [-0.3, -0.25) is 19.0 Å². The van der Waals surface area contributed by atoms with Crippen molar-refractivity contribution >= 4 is 46.3 Å². The monoisotopic (exact) mass is 443 g/mol. The number of aromatic nitrogens is 1. The largest absolute Gasteiger partial charge is 0.381 e. The summed E-state index contributed by atoms with van der Waals surface area (Å²) in [6.45, 7) is 6.96. The number of thiazole rings is 1. The summed E-state index contributed by atoms with van der Waals surface area (Å²) in [6.07, 6.45) is 1.49. The fraction of sp³-hybridized carbons (Fsp3) is 0.333. The summed E-state index contributed by atoms with van der Waals surface area (Å²) in [6, 6.07) is 8.65. The SMILES string of the molecule is CCNC(=O)/C(C#N)=c1\s/c(=C/Nc2cccc(NC(=O)C(C)(C)O)c2)c(=O)n1CC. The fourth-order valence-corrected chi connectivity index (χ4v) is 3.64. The number of amides is 2. The summed E-state index contributed by atoms with van der Waals surface area (Å²) in [7, 11) is 0. The van der Waals surface area contributed by atoms with Crippen LogP contribution in [0.3, 0.4) is 0 Å². The molecule has 31 heavy (non-hydrogen) atoms. The zero-order valence-electron chi connectivity index (χ0n) is 17.8. The molecule has 1 aromatic carbocycles. The van der Waals surface area contributed by atoms with Crippen LogP contribution in [0, 0.1) is 11.3 Å². The second kappa shape index (κ2) is 10.1. The number of nitriles is 1. The molecule has 0 fully saturated rings. The van der Waals surface area contributed by atoms with E-state index in [1.807, 2.05) is 6.07 Å². The van der Waals surface area contributed by atoms with E-state index in [9.17, 15) is 24.8 Å². The topological polar surface area (TPSA) is 136 Å². The predicted octanol–water partition coefficient (Wildman–Crippen LogP) is 0.300. The molecule has 0 aliphatic heterocycles. The van der Waals surface area contributed by atoms with Crippen LogP contribution in [0.4, 0.5) is 11.4 Å². The maximum absolute atomic E-state index is 12.7. The van der Waals surface area contributed by atoms with Crippen molar-refractivity contribution in [2.24, 2.45) is 0 Å². The molecule has 2 amide bonds. The van der Waals surface area contributed by atoms with Crippen LogP contribution in [0.15, 0.2) is 29.1 Å². The minimum atomic E-state index is -1.52. The van der Waals surface area contributed by atoms with E-state index in [-0.39, 0.29) is 11.1 Å². The van der Waals surface area contributed by atoms with E-state index < -0.39 is 17.4 Å². The number of aliphatic hydroxyl groups is 1. The van der Waals surface area contributed by atoms with Crippen molar-refractivity contribution in [2.45, 2.75) is 39.8 Å². The van der Waals surface area contributed by atoms with Crippen molar-refractivity contribution < 1.29 is 14.7 Å². The Morgan fingerprint density at radius 1 is 1.29 bits per heavy atom. The van der Waals surface area contributed by atoms with Gasteiger partial charge >= 0.3 is 0 Å². The van der Waals surface area contributed by atoms with Gasteiger partial charge in [0.1, 0.15) is 20.9 Å². The molecule has 0 aliphatic carbocycles. The van der Waals surface area contributed by atoms with Crippen molar-refractivity contribution in [3.63, 3.8) is 0 Å². The van der Waals surface area contributed by atoms with E-state index in [0.717, 1.165) is 11.3 Å². The number of hydrogen-bond donors (Lipinski definition) is 4. The van der Waals surface area contributed by atoms with Crippen LogP contribution in [-0.2, 0) is 16.1 Å². The molecule has 2 aromatic rings. The Kier molecular flexibility index (Phi) is 7.74. The highest BCUT2D eigenvalue weighted by atomic mass is 32.1. The van der Waals surface area contributed by atoms with E-state index in [0.29, 0.717) is 33.7 Å². The van der Waals surface area contributed by atoms with Crippen LogP contribution in [0.25, 0.3) is 11.8 Å². The lowest BCUT2D eigenvalue weighted by atomic mass is 10.1. The Morgan fingerprint density at radius 2 is 1.97 bits per heavy atom. The third-order valence-electron chi connectivity index (χ3n) is 4.16. The molecule has 0 spiro atoms. The van der Waals surface area contributed by atoms with Crippen LogP contribution in [0.5, 0.6) is 0 Å². The Hall–Kier alpha value is -3.42. The zero-order valence-corrected chi connectivity index (χ0v) is 18.6. The first-order chi connectivity index (χ1) is 14.6. The van der Waals surface area contributed by atoms with Gasteiger partial charge in [-0.1, -0.05) is 6.07 Å². The maximum Gasteiger partial charge on any atom is 0.270 e. The average molecular weight is 444 g/mol. The van der Waals surface area contributed by atoms with Crippen molar-refractivity contribution in [1.29, 1.82) is 5.26 Å². The summed E-state index contributed by atoms with van der Waals surface area (Å²) in [5.74, 6) is -1.07. The molecule has 0 saturated heterocycles. The normalized spacial score (nSPS) is 12.7. The summed E-state index contributed by atoms with van der Waals surface area (Å²) in [5, 5.41) is 27.4. The molecule has 9 nitrogen and oxygen atoms in total. The smallest absolute Gasteiger partial charge is 0.270 e. The van der Waals surface area contributed by atoms with Crippen LogP contribution < -0.4 is 30.7 Å². The summed E-state index contributed by atoms with van der Waals surface area (Å²) < 4.78 is 1.99. The molecule has 0 aliphatic rings. The third-order valence-corrected chi connectivity index (χ3v) is 5.29. The minimum absolute atomic E-state index is 0.109. The molecule has 0 radical (unpaired) electrons. The third kappa shape index (κ3) is 5.81. The minimum Gasteiger partial charge on any atom is -0.381 e. The predicted molar refractivity (Wildman–Crippen MR) is 121 cm³/mol. The number of carbonyl (C=O) groups is 2. The second-order valence-corrected chi connectivity index (χ2v) is 8.08. The zero-order chi connectivity index (χ0) is 23.2. The van der Waals surface area contributed by atoms with Gasteiger partial charge in [-0.2, -0.15) is 5.26 Å². The van der Waals surface area contributed by atoms with Gasteiger partial charge in [-0.25, -0.2) is 0 Å². The molecule has 1 heterocycles. The van der Waals surface area contributed by atoms with E-state index in [4.69, 9.17) is 0 Å². The lowest BCUT2D eigenvalue weighted by Crippen LogP contribution is -2.36. The number of nitrogens with one attached hydrogen (secondary N) is 3. The molecular formula is C21H25N5O4S. The first-order valence-electron chi connectivity index (χ1n) is 9.65. The molecule has 1 aromatic heterocycles. The van der Waals surface area contributed by atoms with E-state index in [1.54, 1.807) is 38.1 Å². The van der Waals surface area contributed by atoms with Gasteiger partial charge in [0.2, 0.25) is 0 Å². The molecule has 0 bridgehead atoms. The first-order valence-corrected chi connectivity index (χ1v) is 10.5. The van der Waals surface area contributed by atoms with Gasteiger partial charge in [0, 0.05) is 30.7 Å². The van der Waals surface area contributed by atoms with Crippen LogP contribution in [-0.4, -0.2) is 33.6 Å². The molecule has 0 unspecified atom stereocenters. The van der Waals surface area contributed by atoms with Crippen molar-refractivity contribution in [2.75, 3.05) is 17.2 Å². The number of nitrogens with zero attached hydrogens (tertiary/aromatic N) is 2. The Labute approximate surface area is 183 Å². The van der Waals surface area contributed by atoms with E-state index in [1.165, 1.54) is 24.6 Å². The van der Waals surface area contributed by atoms with E-state index in [2.05, 4.69) is 16.0 Å². The highest BCUT2D eigenvalue weighted by Gasteiger charge is 2.23. The summed E-state index contributed by atoms with van der Waals surface area (Å²) in [4.78, 5) is 36.9. The van der Waals surface area contributed by atoms with E-state index >= 15 is 0 Å². The summed E-state index contributed by atoms with van der Waals surface area (Å²) >= 11 is 1.04. The number of hydrogen-bond acceptors (Lipinski definition) is 7.